The topological polar surface area (TPSA) is 48.5 Å². The minimum absolute atomic E-state index is 0.106. The fourth-order valence-electron chi connectivity index (χ4n) is 4.57. The summed E-state index contributed by atoms with van der Waals surface area (Å²) in [5, 5.41) is 1.12. The molecule has 5 nitrogen and oxygen atoms in total. The Morgan fingerprint density at radius 2 is 1.57 bits per heavy atom. The van der Waals surface area contributed by atoms with E-state index >= 15 is 0 Å². The Balaban J connectivity index is 1.16. The fourth-order valence-corrected chi connectivity index (χ4v) is 5.34. The molecule has 1 amide bonds. The van der Waals surface area contributed by atoms with E-state index in [0.29, 0.717) is 0 Å². The van der Waals surface area contributed by atoms with Crippen molar-refractivity contribution in [2.75, 3.05) is 30.9 Å². The first-order valence-electron chi connectivity index (χ1n) is 12.0. The van der Waals surface area contributed by atoms with Crippen molar-refractivity contribution in [2.24, 2.45) is 0 Å². The van der Waals surface area contributed by atoms with E-state index in [-0.39, 0.29) is 5.91 Å². The van der Waals surface area contributed by atoms with Crippen LogP contribution in [0.2, 0.25) is 0 Å². The summed E-state index contributed by atoms with van der Waals surface area (Å²) in [6.45, 7) is 8.62. The van der Waals surface area contributed by atoms with Crippen LogP contribution in [0.1, 0.15) is 27.0 Å². The van der Waals surface area contributed by atoms with Gasteiger partial charge in [-0.25, -0.2) is 0 Å². The molecule has 1 aliphatic rings. The lowest BCUT2D eigenvalue weighted by molar-refractivity contribution is 0.0628. The van der Waals surface area contributed by atoms with E-state index in [4.69, 9.17) is 0 Å². The number of piperazine rings is 1. The highest BCUT2D eigenvalue weighted by molar-refractivity contribution is 8.00. The smallest absolute Gasteiger partial charge is 0.253 e. The normalized spacial score (nSPS) is 14.3. The molecule has 1 aromatic heterocycles. The summed E-state index contributed by atoms with van der Waals surface area (Å²) in [5.74, 6) is 0.106. The Morgan fingerprint density at radius 3 is 2.31 bits per heavy atom. The molecule has 1 aliphatic heterocycles. The Labute approximate surface area is 211 Å². The highest BCUT2D eigenvalue weighted by atomic mass is 32.2. The van der Waals surface area contributed by atoms with E-state index < -0.39 is 0 Å². The van der Waals surface area contributed by atoms with Gasteiger partial charge in [0.1, 0.15) is 0 Å². The summed E-state index contributed by atoms with van der Waals surface area (Å²) in [4.78, 5) is 23.1. The highest BCUT2D eigenvalue weighted by Crippen LogP contribution is 2.27. The first kappa shape index (κ1) is 23.4. The third-order valence-electron chi connectivity index (χ3n) is 6.69. The molecule has 0 aliphatic carbocycles. The van der Waals surface area contributed by atoms with Gasteiger partial charge >= 0.3 is 0 Å². The molecule has 35 heavy (non-hydrogen) atoms. The molecular weight excluding hydrogens is 452 g/mol. The molecule has 5 rings (SSSR count). The molecule has 1 fully saturated rings. The number of benzene rings is 3. The number of aryl methyl sites for hydroxylation is 2. The maximum Gasteiger partial charge on any atom is 0.253 e. The third kappa shape index (κ3) is 5.34. The average Bonchev–Trinajstić information content (AvgIpc) is 2.90. The minimum Gasteiger partial charge on any atom is -0.336 e. The van der Waals surface area contributed by atoms with E-state index in [9.17, 15) is 4.79 Å². The van der Waals surface area contributed by atoms with Crippen LogP contribution >= 0.6 is 11.9 Å². The van der Waals surface area contributed by atoms with Gasteiger partial charge in [0.15, 0.2) is 0 Å². The number of pyridine rings is 1. The van der Waals surface area contributed by atoms with Crippen LogP contribution in [0.4, 0.5) is 5.69 Å². The Bertz CT molecular complexity index is 1300. The van der Waals surface area contributed by atoms with Crippen LogP contribution in [0.15, 0.2) is 83.9 Å². The summed E-state index contributed by atoms with van der Waals surface area (Å²) < 4.78 is 3.38. The molecule has 178 valence electrons. The number of hydrogen-bond acceptors (Lipinski definition) is 5. The number of anilines is 1. The van der Waals surface area contributed by atoms with E-state index in [1.807, 2.05) is 47.5 Å². The van der Waals surface area contributed by atoms with Gasteiger partial charge < -0.3 is 9.62 Å². The van der Waals surface area contributed by atoms with Crippen LogP contribution in [0.5, 0.6) is 0 Å². The van der Waals surface area contributed by atoms with Gasteiger partial charge in [0.25, 0.3) is 5.91 Å². The zero-order valence-corrected chi connectivity index (χ0v) is 21.0. The van der Waals surface area contributed by atoms with E-state index in [1.54, 1.807) is 0 Å². The van der Waals surface area contributed by atoms with E-state index in [1.165, 1.54) is 28.6 Å². The predicted octanol–water partition coefficient (Wildman–Crippen LogP) is 5.93. The first-order chi connectivity index (χ1) is 17.1. The molecule has 0 unspecified atom stereocenters. The molecule has 4 aromatic rings. The third-order valence-corrected chi connectivity index (χ3v) is 7.58. The molecule has 6 heteroatoms. The second-order valence-corrected chi connectivity index (χ2v) is 9.90. The quantitative estimate of drug-likeness (QED) is 0.345. The molecule has 1 saturated heterocycles. The van der Waals surface area contributed by atoms with Gasteiger partial charge in [-0.05, 0) is 78.9 Å². The molecule has 0 radical (unpaired) electrons. The number of fused-ring (bicyclic) bond motifs is 1. The van der Waals surface area contributed by atoms with Crippen LogP contribution in [0, 0.1) is 13.8 Å². The lowest BCUT2D eigenvalue weighted by Gasteiger charge is -2.35. The number of aromatic nitrogens is 1. The van der Waals surface area contributed by atoms with Gasteiger partial charge in [-0.2, -0.15) is 0 Å². The van der Waals surface area contributed by atoms with Crippen molar-refractivity contribution in [3.8, 4) is 0 Å². The first-order valence-corrected chi connectivity index (χ1v) is 12.8. The maximum atomic E-state index is 13.1. The van der Waals surface area contributed by atoms with Gasteiger partial charge in [0.05, 0.1) is 10.4 Å². The van der Waals surface area contributed by atoms with Crippen LogP contribution in [-0.4, -0.2) is 46.9 Å². The number of amides is 1. The van der Waals surface area contributed by atoms with Gasteiger partial charge in [0.2, 0.25) is 0 Å². The largest absolute Gasteiger partial charge is 0.336 e. The standard InChI is InChI=1S/C29H30N4OS/c1-21-6-3-7-22(2)26(21)20-32-16-18-33(19-17-32)29(34)24-11-13-25(14-12-24)31-35-27-10-4-8-23-9-5-15-30-28(23)27/h3-15,31H,16-20H2,1-2H3. The highest BCUT2D eigenvalue weighted by Gasteiger charge is 2.22. The van der Waals surface area contributed by atoms with Crippen molar-refractivity contribution in [3.05, 3.63) is 101 Å². The summed E-state index contributed by atoms with van der Waals surface area (Å²) in [6, 6.07) is 24.4. The number of rotatable bonds is 6. The Kier molecular flexibility index (Phi) is 7.02. The van der Waals surface area contributed by atoms with Crippen LogP contribution in [-0.2, 0) is 6.54 Å². The molecule has 0 atom stereocenters. The Hall–Kier alpha value is -3.35. The van der Waals surface area contributed by atoms with Crippen LogP contribution in [0.3, 0.4) is 0 Å². The van der Waals surface area contributed by atoms with Crippen molar-refractivity contribution in [1.82, 2.24) is 14.8 Å². The number of para-hydroxylation sites is 1. The summed E-state index contributed by atoms with van der Waals surface area (Å²) >= 11 is 1.53. The minimum atomic E-state index is 0.106. The lowest BCUT2D eigenvalue weighted by Crippen LogP contribution is -2.48. The van der Waals surface area contributed by atoms with E-state index in [2.05, 4.69) is 64.9 Å². The monoisotopic (exact) mass is 482 g/mol. The molecule has 1 N–H and O–H groups in total. The van der Waals surface area contributed by atoms with Crippen molar-refractivity contribution >= 4 is 34.4 Å². The fraction of sp³-hybridized carbons (Fsp3) is 0.241. The second-order valence-electron chi connectivity index (χ2n) is 9.05. The van der Waals surface area contributed by atoms with Crippen molar-refractivity contribution in [1.29, 1.82) is 0 Å². The number of carbonyl (C=O) groups is 1. The van der Waals surface area contributed by atoms with Crippen molar-refractivity contribution in [3.63, 3.8) is 0 Å². The zero-order chi connectivity index (χ0) is 24.2. The van der Waals surface area contributed by atoms with E-state index in [0.717, 1.165) is 59.8 Å². The number of carbonyl (C=O) groups excluding carboxylic acids is 1. The molecule has 0 saturated carbocycles. The number of nitrogens with one attached hydrogen (secondary N) is 1. The predicted molar refractivity (Wildman–Crippen MR) is 145 cm³/mol. The molecule has 0 bridgehead atoms. The SMILES string of the molecule is Cc1cccc(C)c1CN1CCN(C(=O)c2ccc(NSc3cccc4cccnc34)cc2)CC1. The second kappa shape index (κ2) is 10.5. The summed E-state index contributed by atoms with van der Waals surface area (Å²) in [7, 11) is 0. The van der Waals surface area contributed by atoms with Crippen LogP contribution in [0.25, 0.3) is 10.9 Å². The van der Waals surface area contributed by atoms with Gasteiger partial charge in [0, 0.05) is 55.6 Å². The Morgan fingerprint density at radius 1 is 0.886 bits per heavy atom. The average molecular weight is 483 g/mol. The summed E-state index contributed by atoms with van der Waals surface area (Å²) in [5.41, 5.74) is 6.76. The van der Waals surface area contributed by atoms with Gasteiger partial charge in [-0.3, -0.25) is 14.7 Å². The lowest BCUT2D eigenvalue weighted by atomic mass is 10.0. The van der Waals surface area contributed by atoms with Crippen LogP contribution < -0.4 is 4.72 Å². The maximum absolute atomic E-state index is 13.1. The van der Waals surface area contributed by atoms with Crippen molar-refractivity contribution < 1.29 is 4.79 Å². The van der Waals surface area contributed by atoms with Gasteiger partial charge in [-0.15, -0.1) is 0 Å². The number of hydrogen-bond donors (Lipinski definition) is 1. The van der Waals surface area contributed by atoms with Gasteiger partial charge in [-0.1, -0.05) is 36.4 Å². The summed E-state index contributed by atoms with van der Waals surface area (Å²) in [6.07, 6.45) is 1.82. The zero-order valence-electron chi connectivity index (χ0n) is 20.2. The molecule has 0 spiro atoms. The molecule has 3 aromatic carbocycles. The molecular formula is C29H30N4OS. The molecule has 2 heterocycles. The number of nitrogens with zero attached hydrogens (tertiary/aromatic N) is 3. The van der Waals surface area contributed by atoms with Crippen molar-refractivity contribution in [2.45, 2.75) is 25.3 Å².